The van der Waals surface area contributed by atoms with Crippen LogP contribution in [0.3, 0.4) is 0 Å². The monoisotopic (exact) mass is 245 g/mol. The lowest BCUT2D eigenvalue weighted by Gasteiger charge is -2.12. The summed E-state index contributed by atoms with van der Waals surface area (Å²) in [6.45, 7) is 2.04. The summed E-state index contributed by atoms with van der Waals surface area (Å²) in [4.78, 5) is 11.8. The molecule has 1 N–H and O–H groups in total. The number of hydrogen-bond donors (Lipinski definition) is 1. The highest BCUT2D eigenvalue weighted by atomic mass is 16.5. The zero-order valence-electron chi connectivity index (χ0n) is 10.9. The number of hydrogen-bond acceptors (Lipinski definition) is 2. The maximum absolute atomic E-state index is 11.8. The molecule has 0 aliphatic heterocycles. The Labute approximate surface area is 109 Å². The molecule has 1 atom stereocenters. The smallest absolute Gasteiger partial charge is 0.225 e. The van der Waals surface area contributed by atoms with Crippen molar-refractivity contribution >= 4 is 5.91 Å². The summed E-state index contributed by atoms with van der Waals surface area (Å²) < 4.78 is 5.06. The zero-order chi connectivity index (χ0) is 13.4. The molecule has 1 aromatic rings. The van der Waals surface area contributed by atoms with Crippen LogP contribution in [0.15, 0.2) is 24.3 Å². The number of terminal acetylenes is 1. The largest absolute Gasteiger partial charge is 0.497 e. The summed E-state index contributed by atoms with van der Waals surface area (Å²) in [5, 5.41) is 2.84. The van der Waals surface area contributed by atoms with Crippen molar-refractivity contribution in [2.45, 2.75) is 32.2 Å². The van der Waals surface area contributed by atoms with Crippen molar-refractivity contribution in [3.05, 3.63) is 29.8 Å². The molecule has 0 aliphatic rings. The highest BCUT2D eigenvalue weighted by molar-refractivity contribution is 5.79. The molecule has 0 radical (unpaired) electrons. The van der Waals surface area contributed by atoms with Crippen molar-refractivity contribution in [1.82, 2.24) is 5.32 Å². The molecule has 0 heterocycles. The van der Waals surface area contributed by atoms with E-state index in [1.54, 1.807) is 7.11 Å². The van der Waals surface area contributed by atoms with Crippen molar-refractivity contribution in [2.75, 3.05) is 7.11 Å². The minimum Gasteiger partial charge on any atom is -0.497 e. The van der Waals surface area contributed by atoms with Gasteiger partial charge in [0, 0.05) is 0 Å². The molecule has 1 unspecified atom stereocenters. The molecule has 1 rings (SSSR count). The standard InChI is InChI=1S/C15H19NO2/c1-4-6-13(5-2)16-15(17)11-12-7-9-14(18-3)10-8-12/h2,7-10,13H,4,6,11H2,1,3H3,(H,16,17). The fourth-order valence-electron chi connectivity index (χ4n) is 1.66. The summed E-state index contributed by atoms with van der Waals surface area (Å²) in [5.41, 5.74) is 0.945. The van der Waals surface area contributed by atoms with Crippen LogP contribution in [0.4, 0.5) is 0 Å². The number of benzene rings is 1. The fraction of sp³-hybridized carbons (Fsp3) is 0.400. The maximum Gasteiger partial charge on any atom is 0.225 e. The topological polar surface area (TPSA) is 38.3 Å². The van der Waals surface area contributed by atoms with E-state index >= 15 is 0 Å². The van der Waals surface area contributed by atoms with Gasteiger partial charge in [0.05, 0.1) is 19.6 Å². The van der Waals surface area contributed by atoms with Gasteiger partial charge in [-0.05, 0) is 24.1 Å². The molecular weight excluding hydrogens is 226 g/mol. The van der Waals surface area contributed by atoms with Gasteiger partial charge in [0.1, 0.15) is 5.75 Å². The minimum absolute atomic E-state index is 0.0448. The first-order chi connectivity index (χ1) is 8.69. The van der Waals surface area contributed by atoms with E-state index in [4.69, 9.17) is 11.2 Å². The Kier molecular flexibility index (Phi) is 5.79. The zero-order valence-corrected chi connectivity index (χ0v) is 10.9. The molecular formula is C15H19NO2. The molecule has 96 valence electrons. The van der Waals surface area contributed by atoms with Crippen LogP contribution in [0.1, 0.15) is 25.3 Å². The molecule has 0 aliphatic carbocycles. The van der Waals surface area contributed by atoms with Gasteiger partial charge in [-0.25, -0.2) is 0 Å². The number of carbonyl (C=O) groups excluding carboxylic acids is 1. The molecule has 3 heteroatoms. The third kappa shape index (κ3) is 4.50. The highest BCUT2D eigenvalue weighted by Crippen LogP contribution is 2.11. The number of methoxy groups -OCH3 is 1. The van der Waals surface area contributed by atoms with Crippen molar-refractivity contribution in [3.63, 3.8) is 0 Å². The van der Waals surface area contributed by atoms with Gasteiger partial charge in [0.2, 0.25) is 5.91 Å². The quantitative estimate of drug-likeness (QED) is 0.780. The van der Waals surface area contributed by atoms with Gasteiger partial charge >= 0.3 is 0 Å². The van der Waals surface area contributed by atoms with Gasteiger partial charge in [-0.15, -0.1) is 6.42 Å². The SMILES string of the molecule is C#CC(CCC)NC(=O)Cc1ccc(OC)cc1. The number of nitrogens with one attached hydrogen (secondary N) is 1. The number of carbonyl (C=O) groups is 1. The summed E-state index contributed by atoms with van der Waals surface area (Å²) >= 11 is 0. The van der Waals surface area contributed by atoms with Gasteiger partial charge in [0.25, 0.3) is 0 Å². The molecule has 0 saturated carbocycles. The third-order valence-electron chi connectivity index (χ3n) is 2.64. The summed E-state index contributed by atoms with van der Waals surface area (Å²) in [6, 6.07) is 7.27. The van der Waals surface area contributed by atoms with E-state index in [0.717, 1.165) is 24.2 Å². The molecule has 0 aromatic heterocycles. The van der Waals surface area contributed by atoms with Crippen LogP contribution in [-0.2, 0) is 11.2 Å². The lowest BCUT2D eigenvalue weighted by molar-refractivity contribution is -0.120. The van der Waals surface area contributed by atoms with Gasteiger partial charge in [0.15, 0.2) is 0 Å². The van der Waals surface area contributed by atoms with E-state index in [2.05, 4.69) is 11.2 Å². The van der Waals surface area contributed by atoms with Gasteiger partial charge in [-0.1, -0.05) is 31.4 Å². The van der Waals surface area contributed by atoms with Gasteiger partial charge in [-0.3, -0.25) is 4.79 Å². The Bertz CT molecular complexity index is 417. The van der Waals surface area contributed by atoms with E-state index in [1.165, 1.54) is 0 Å². The number of rotatable bonds is 6. The number of ether oxygens (including phenoxy) is 1. The van der Waals surface area contributed by atoms with Crippen LogP contribution in [0.5, 0.6) is 5.75 Å². The average Bonchev–Trinajstić information content (AvgIpc) is 2.39. The first kappa shape index (κ1) is 14.1. The molecule has 0 fully saturated rings. The minimum atomic E-state index is -0.166. The Morgan fingerprint density at radius 1 is 1.44 bits per heavy atom. The summed E-state index contributed by atoms with van der Waals surface area (Å²) in [5.74, 6) is 3.33. The van der Waals surface area contributed by atoms with Crippen molar-refractivity contribution in [3.8, 4) is 18.1 Å². The van der Waals surface area contributed by atoms with Gasteiger partial charge in [-0.2, -0.15) is 0 Å². The first-order valence-electron chi connectivity index (χ1n) is 6.08. The fourth-order valence-corrected chi connectivity index (χ4v) is 1.66. The van der Waals surface area contributed by atoms with Crippen molar-refractivity contribution < 1.29 is 9.53 Å². The second-order valence-electron chi connectivity index (χ2n) is 4.10. The maximum atomic E-state index is 11.8. The Morgan fingerprint density at radius 3 is 2.61 bits per heavy atom. The van der Waals surface area contributed by atoms with E-state index < -0.39 is 0 Å². The van der Waals surface area contributed by atoms with E-state index in [0.29, 0.717) is 6.42 Å². The molecule has 18 heavy (non-hydrogen) atoms. The predicted octanol–water partition coefficient (Wildman–Crippen LogP) is 2.16. The first-order valence-corrected chi connectivity index (χ1v) is 6.08. The average molecular weight is 245 g/mol. The van der Waals surface area contributed by atoms with Crippen LogP contribution in [-0.4, -0.2) is 19.1 Å². The Balaban J connectivity index is 2.51. The molecule has 0 saturated heterocycles. The van der Waals surface area contributed by atoms with Gasteiger partial charge < -0.3 is 10.1 Å². The Hall–Kier alpha value is -1.95. The third-order valence-corrected chi connectivity index (χ3v) is 2.64. The second kappa shape index (κ2) is 7.39. The van der Waals surface area contributed by atoms with Crippen molar-refractivity contribution in [2.24, 2.45) is 0 Å². The van der Waals surface area contributed by atoms with E-state index in [1.807, 2.05) is 31.2 Å². The Morgan fingerprint density at radius 2 is 2.11 bits per heavy atom. The molecule has 1 amide bonds. The van der Waals surface area contributed by atoms with Crippen LogP contribution < -0.4 is 10.1 Å². The molecule has 0 bridgehead atoms. The summed E-state index contributed by atoms with van der Waals surface area (Å²) in [7, 11) is 1.62. The van der Waals surface area contributed by atoms with E-state index in [9.17, 15) is 4.79 Å². The predicted molar refractivity (Wildman–Crippen MR) is 72.4 cm³/mol. The molecule has 0 spiro atoms. The van der Waals surface area contributed by atoms with Crippen LogP contribution >= 0.6 is 0 Å². The molecule has 3 nitrogen and oxygen atoms in total. The second-order valence-corrected chi connectivity index (χ2v) is 4.10. The van der Waals surface area contributed by atoms with E-state index in [-0.39, 0.29) is 11.9 Å². The molecule has 1 aromatic carbocycles. The van der Waals surface area contributed by atoms with Crippen LogP contribution in [0, 0.1) is 12.3 Å². The lowest BCUT2D eigenvalue weighted by Crippen LogP contribution is -2.34. The number of amides is 1. The van der Waals surface area contributed by atoms with Crippen molar-refractivity contribution in [1.29, 1.82) is 0 Å². The highest BCUT2D eigenvalue weighted by Gasteiger charge is 2.09. The van der Waals surface area contributed by atoms with Crippen LogP contribution in [0.2, 0.25) is 0 Å². The van der Waals surface area contributed by atoms with Crippen LogP contribution in [0.25, 0.3) is 0 Å². The summed E-state index contributed by atoms with van der Waals surface area (Å²) in [6.07, 6.45) is 7.46. The normalized spacial score (nSPS) is 11.4. The lowest BCUT2D eigenvalue weighted by atomic mass is 10.1.